The second kappa shape index (κ2) is 10.7. The molecule has 0 aromatic rings. The molecule has 0 amide bonds. The van der Waals surface area contributed by atoms with E-state index in [0.717, 1.165) is 23.7 Å². The van der Waals surface area contributed by atoms with E-state index < -0.39 is 0 Å². The molecule has 2 aliphatic rings. The SMILES string of the molecule is CCCCCCCCC(CCC)C1CCC2CCCCC2C1. The van der Waals surface area contributed by atoms with Crippen LogP contribution in [0.3, 0.4) is 0 Å². The Morgan fingerprint density at radius 2 is 1.41 bits per heavy atom. The van der Waals surface area contributed by atoms with Crippen molar-refractivity contribution in [2.75, 3.05) is 0 Å². The fraction of sp³-hybridized carbons (Fsp3) is 1.00. The molecule has 0 spiro atoms. The number of hydrogen-bond donors (Lipinski definition) is 0. The number of fused-ring (bicyclic) bond motifs is 1. The molecule has 0 aliphatic heterocycles. The molecule has 2 aliphatic carbocycles. The molecule has 0 aromatic carbocycles. The van der Waals surface area contributed by atoms with Crippen molar-refractivity contribution >= 4 is 0 Å². The van der Waals surface area contributed by atoms with E-state index >= 15 is 0 Å². The van der Waals surface area contributed by atoms with Crippen molar-refractivity contribution in [3.05, 3.63) is 0 Å². The van der Waals surface area contributed by atoms with Gasteiger partial charge in [-0.2, -0.15) is 0 Å². The largest absolute Gasteiger partial charge is 0.0654 e. The van der Waals surface area contributed by atoms with Gasteiger partial charge in [0.05, 0.1) is 0 Å². The first kappa shape index (κ1) is 18.3. The predicted molar refractivity (Wildman–Crippen MR) is 99.2 cm³/mol. The van der Waals surface area contributed by atoms with Crippen molar-refractivity contribution in [1.29, 1.82) is 0 Å². The van der Waals surface area contributed by atoms with E-state index in [1.54, 1.807) is 38.5 Å². The van der Waals surface area contributed by atoms with Crippen LogP contribution in [0.25, 0.3) is 0 Å². The van der Waals surface area contributed by atoms with Crippen LogP contribution < -0.4 is 0 Å². The Hall–Kier alpha value is 0. The second-order valence-electron chi connectivity index (χ2n) is 8.48. The molecule has 0 heteroatoms. The Labute approximate surface area is 140 Å². The molecule has 130 valence electrons. The second-order valence-corrected chi connectivity index (χ2v) is 8.48. The Morgan fingerprint density at radius 1 is 0.682 bits per heavy atom. The fourth-order valence-corrected chi connectivity index (χ4v) is 5.51. The van der Waals surface area contributed by atoms with E-state index in [1.807, 2.05) is 0 Å². The van der Waals surface area contributed by atoms with Crippen LogP contribution >= 0.6 is 0 Å². The molecule has 0 bridgehead atoms. The Kier molecular flexibility index (Phi) is 8.93. The molecule has 2 rings (SSSR count). The highest BCUT2D eigenvalue weighted by Gasteiger charge is 2.34. The summed E-state index contributed by atoms with van der Waals surface area (Å²) in [5.41, 5.74) is 0. The lowest BCUT2D eigenvalue weighted by atomic mass is 9.64. The lowest BCUT2D eigenvalue weighted by Crippen LogP contribution is -2.31. The maximum absolute atomic E-state index is 2.40. The zero-order valence-electron chi connectivity index (χ0n) is 15.6. The van der Waals surface area contributed by atoms with Gasteiger partial charge in [0, 0.05) is 0 Å². The van der Waals surface area contributed by atoms with Gasteiger partial charge in [-0.15, -0.1) is 0 Å². The van der Waals surface area contributed by atoms with Gasteiger partial charge in [0.25, 0.3) is 0 Å². The highest BCUT2D eigenvalue weighted by molar-refractivity contribution is 4.85. The normalized spacial score (nSPS) is 30.0. The monoisotopic (exact) mass is 306 g/mol. The molecule has 0 N–H and O–H groups in total. The van der Waals surface area contributed by atoms with Crippen LogP contribution in [0.4, 0.5) is 0 Å². The summed E-state index contributed by atoms with van der Waals surface area (Å²) in [7, 11) is 0. The minimum absolute atomic E-state index is 1.07. The first-order chi connectivity index (χ1) is 10.8. The third kappa shape index (κ3) is 5.89. The molecular weight excluding hydrogens is 264 g/mol. The van der Waals surface area contributed by atoms with Gasteiger partial charge in [-0.3, -0.25) is 0 Å². The van der Waals surface area contributed by atoms with Crippen molar-refractivity contribution < 1.29 is 0 Å². The van der Waals surface area contributed by atoms with Crippen LogP contribution in [-0.4, -0.2) is 0 Å². The number of unbranched alkanes of at least 4 members (excludes halogenated alkanes) is 5. The molecular formula is C22H42. The van der Waals surface area contributed by atoms with Gasteiger partial charge in [0.1, 0.15) is 0 Å². The van der Waals surface area contributed by atoms with Crippen LogP contribution in [0, 0.1) is 23.7 Å². The third-order valence-electron chi connectivity index (χ3n) is 6.83. The smallest absolute Gasteiger partial charge is 0.0383 e. The maximum atomic E-state index is 2.40. The van der Waals surface area contributed by atoms with Crippen LogP contribution in [-0.2, 0) is 0 Å². The zero-order chi connectivity index (χ0) is 15.6. The van der Waals surface area contributed by atoms with Gasteiger partial charge in [-0.1, -0.05) is 97.3 Å². The summed E-state index contributed by atoms with van der Waals surface area (Å²) in [6, 6.07) is 0. The van der Waals surface area contributed by atoms with Gasteiger partial charge in [0.15, 0.2) is 0 Å². The van der Waals surface area contributed by atoms with E-state index in [1.165, 1.54) is 64.2 Å². The molecule has 4 unspecified atom stereocenters. The van der Waals surface area contributed by atoms with E-state index in [2.05, 4.69) is 13.8 Å². The van der Waals surface area contributed by atoms with Crippen molar-refractivity contribution in [1.82, 2.24) is 0 Å². The summed E-state index contributed by atoms with van der Waals surface area (Å²) in [6.45, 7) is 4.72. The minimum atomic E-state index is 1.07. The summed E-state index contributed by atoms with van der Waals surface area (Å²) >= 11 is 0. The minimum Gasteiger partial charge on any atom is -0.0654 e. The van der Waals surface area contributed by atoms with E-state index in [-0.39, 0.29) is 0 Å². The summed E-state index contributed by atoms with van der Waals surface area (Å²) in [6.07, 6.45) is 24.2. The van der Waals surface area contributed by atoms with Gasteiger partial charge >= 0.3 is 0 Å². The Morgan fingerprint density at radius 3 is 2.18 bits per heavy atom. The van der Waals surface area contributed by atoms with Crippen LogP contribution in [0.1, 0.15) is 117 Å². The molecule has 2 saturated carbocycles. The van der Waals surface area contributed by atoms with Crippen molar-refractivity contribution in [3.8, 4) is 0 Å². The highest BCUT2D eigenvalue weighted by atomic mass is 14.4. The Bertz CT molecular complexity index is 269. The predicted octanol–water partition coefficient (Wildman–Crippen LogP) is 7.76. The fourth-order valence-electron chi connectivity index (χ4n) is 5.51. The third-order valence-corrected chi connectivity index (χ3v) is 6.83. The van der Waals surface area contributed by atoms with Crippen LogP contribution in [0.15, 0.2) is 0 Å². The van der Waals surface area contributed by atoms with Gasteiger partial charge in [0.2, 0.25) is 0 Å². The highest BCUT2D eigenvalue weighted by Crippen LogP contribution is 2.46. The van der Waals surface area contributed by atoms with Gasteiger partial charge in [-0.05, 0) is 42.9 Å². The standard InChI is InChI=1S/C22H42/c1-3-5-6-7-8-9-13-19(12-4-2)22-17-16-20-14-10-11-15-21(20)18-22/h19-22H,3-18H2,1-2H3. The zero-order valence-corrected chi connectivity index (χ0v) is 15.6. The van der Waals surface area contributed by atoms with Gasteiger partial charge < -0.3 is 0 Å². The van der Waals surface area contributed by atoms with Crippen molar-refractivity contribution in [2.24, 2.45) is 23.7 Å². The molecule has 0 heterocycles. The topological polar surface area (TPSA) is 0 Å². The lowest BCUT2D eigenvalue weighted by Gasteiger charge is -2.42. The maximum Gasteiger partial charge on any atom is -0.0383 e. The first-order valence-electron chi connectivity index (χ1n) is 10.8. The molecule has 2 fully saturated rings. The van der Waals surface area contributed by atoms with Gasteiger partial charge in [-0.25, -0.2) is 0 Å². The van der Waals surface area contributed by atoms with Crippen molar-refractivity contribution in [3.63, 3.8) is 0 Å². The summed E-state index contributed by atoms with van der Waals surface area (Å²) in [4.78, 5) is 0. The Balaban J connectivity index is 1.70. The quantitative estimate of drug-likeness (QED) is 0.362. The molecule has 4 atom stereocenters. The van der Waals surface area contributed by atoms with Crippen molar-refractivity contribution in [2.45, 2.75) is 117 Å². The number of rotatable bonds is 10. The molecule has 22 heavy (non-hydrogen) atoms. The molecule has 0 saturated heterocycles. The molecule has 0 aromatic heterocycles. The molecule has 0 radical (unpaired) electrons. The molecule has 0 nitrogen and oxygen atoms in total. The summed E-state index contributed by atoms with van der Waals surface area (Å²) < 4.78 is 0. The van der Waals surface area contributed by atoms with E-state index in [0.29, 0.717) is 0 Å². The summed E-state index contributed by atoms with van der Waals surface area (Å²) in [5, 5.41) is 0. The van der Waals surface area contributed by atoms with E-state index in [9.17, 15) is 0 Å². The first-order valence-corrected chi connectivity index (χ1v) is 10.8. The van der Waals surface area contributed by atoms with Crippen LogP contribution in [0.2, 0.25) is 0 Å². The number of hydrogen-bond acceptors (Lipinski definition) is 0. The summed E-state index contributed by atoms with van der Waals surface area (Å²) in [5.74, 6) is 4.41. The average Bonchev–Trinajstić information content (AvgIpc) is 2.56. The van der Waals surface area contributed by atoms with Crippen LogP contribution in [0.5, 0.6) is 0 Å². The average molecular weight is 307 g/mol. The van der Waals surface area contributed by atoms with E-state index in [4.69, 9.17) is 0 Å². The lowest BCUT2D eigenvalue weighted by molar-refractivity contribution is 0.0918.